The maximum absolute atomic E-state index is 9.09. The van der Waals surface area contributed by atoms with Crippen molar-refractivity contribution in [3.63, 3.8) is 0 Å². The van der Waals surface area contributed by atoms with Crippen LogP contribution >= 0.6 is 0 Å². The minimum Gasteiger partial charge on any atom is -0.256 e. The van der Waals surface area contributed by atoms with Gasteiger partial charge < -0.3 is 0 Å². The molecule has 25 heavy (non-hydrogen) atoms. The Morgan fingerprint density at radius 1 is 0.880 bits per heavy atom. The van der Waals surface area contributed by atoms with Crippen LogP contribution in [0.4, 0.5) is 0 Å². The Balaban J connectivity index is 2.33. The molecule has 0 saturated heterocycles. The number of aromatic nitrogens is 1. The van der Waals surface area contributed by atoms with E-state index in [-0.39, 0.29) is 0 Å². The van der Waals surface area contributed by atoms with E-state index in [2.05, 4.69) is 81.3 Å². The van der Waals surface area contributed by atoms with Crippen LogP contribution in [0.2, 0.25) is 32.7 Å². The van der Waals surface area contributed by atoms with Crippen molar-refractivity contribution in [2.75, 3.05) is 0 Å². The summed E-state index contributed by atoms with van der Waals surface area (Å²) in [7, 11) is -3.88. The molecule has 0 aliphatic carbocycles. The van der Waals surface area contributed by atoms with Crippen molar-refractivity contribution >= 4 is 37.4 Å². The molecule has 1 nitrogen and oxygen atoms in total. The highest BCUT2D eigenvalue weighted by molar-refractivity contribution is 7.07. The molecule has 0 unspecified atom stereocenters. The quantitative estimate of drug-likeness (QED) is 0.546. The Bertz CT molecular complexity index is 951. The average molecular weight is 363 g/mol. The van der Waals surface area contributed by atoms with Crippen molar-refractivity contribution in [3.05, 3.63) is 78.1 Å². The highest BCUT2D eigenvalue weighted by Crippen LogP contribution is 2.29. The fourth-order valence-corrected chi connectivity index (χ4v) is 9.05. The van der Waals surface area contributed by atoms with E-state index in [4.69, 9.17) is 6.35 Å². The second-order valence-electron chi connectivity index (χ2n) is 8.12. The van der Waals surface area contributed by atoms with E-state index in [1.54, 1.807) is 0 Å². The SMILES string of the molecule is [2H]/C(=C(\c1ccccc1)[Si](C)(C)c1cccc2cccnc12)[Si](C)(C)C. The topological polar surface area (TPSA) is 12.9 Å². The van der Waals surface area contributed by atoms with Gasteiger partial charge in [0.1, 0.15) is 8.07 Å². The average Bonchev–Trinajstić information content (AvgIpc) is 2.61. The fraction of sp³-hybridized carbons (Fsp3) is 0.227. The van der Waals surface area contributed by atoms with Gasteiger partial charge in [-0.2, -0.15) is 0 Å². The van der Waals surface area contributed by atoms with Crippen molar-refractivity contribution in [1.82, 2.24) is 4.98 Å². The van der Waals surface area contributed by atoms with Gasteiger partial charge in [-0.05, 0) is 16.8 Å². The van der Waals surface area contributed by atoms with E-state index in [0.717, 1.165) is 11.2 Å². The maximum Gasteiger partial charge on any atom is 0.114 e. The van der Waals surface area contributed by atoms with Gasteiger partial charge in [-0.25, -0.2) is 0 Å². The molecule has 0 fully saturated rings. The van der Waals surface area contributed by atoms with Gasteiger partial charge >= 0.3 is 0 Å². The van der Waals surface area contributed by atoms with Crippen LogP contribution in [0.3, 0.4) is 0 Å². The highest BCUT2D eigenvalue weighted by atomic mass is 28.3. The van der Waals surface area contributed by atoms with Crippen LogP contribution in [0.5, 0.6) is 0 Å². The Kier molecular flexibility index (Phi) is 4.44. The third kappa shape index (κ3) is 3.83. The molecule has 2 aromatic carbocycles. The molecule has 128 valence electrons. The normalized spacial score (nSPS) is 14.2. The van der Waals surface area contributed by atoms with E-state index in [1.165, 1.54) is 21.3 Å². The van der Waals surface area contributed by atoms with Crippen molar-refractivity contribution in [1.29, 1.82) is 0 Å². The van der Waals surface area contributed by atoms with E-state index in [1.807, 2.05) is 18.3 Å². The molecule has 3 heteroatoms. The summed E-state index contributed by atoms with van der Waals surface area (Å²) in [5.41, 5.74) is 3.15. The minimum absolute atomic E-state index is 0.869. The number of hydrogen-bond donors (Lipinski definition) is 0. The summed E-state index contributed by atoms with van der Waals surface area (Å²) in [5, 5.41) is 3.75. The second-order valence-corrected chi connectivity index (χ2v) is 17.2. The third-order valence-electron chi connectivity index (χ3n) is 4.49. The zero-order chi connectivity index (χ0) is 18.9. The van der Waals surface area contributed by atoms with E-state index in [9.17, 15) is 0 Å². The number of nitrogens with zero attached hydrogens (tertiary/aromatic N) is 1. The Labute approximate surface area is 154 Å². The summed E-state index contributed by atoms with van der Waals surface area (Å²) in [6, 6.07) is 21.1. The first-order valence-electron chi connectivity index (χ1n) is 9.34. The van der Waals surface area contributed by atoms with Gasteiger partial charge in [-0.3, -0.25) is 4.98 Å². The molecule has 0 atom stereocenters. The molecule has 3 aromatic rings. The Morgan fingerprint density at radius 2 is 1.56 bits per heavy atom. The predicted octanol–water partition coefficient (Wildman–Crippen LogP) is 5.65. The van der Waals surface area contributed by atoms with Crippen LogP contribution in [-0.4, -0.2) is 21.1 Å². The summed E-state index contributed by atoms with van der Waals surface area (Å²) < 4.78 is 9.09. The highest BCUT2D eigenvalue weighted by Gasteiger charge is 2.32. The molecule has 0 aliphatic rings. The molecule has 0 N–H and O–H groups in total. The zero-order valence-electron chi connectivity index (χ0n) is 16.8. The monoisotopic (exact) mass is 362 g/mol. The van der Waals surface area contributed by atoms with Crippen LogP contribution in [-0.2, 0) is 0 Å². The fourth-order valence-electron chi connectivity index (χ4n) is 3.31. The molecule has 1 heterocycles. The number of benzene rings is 2. The Hall–Kier alpha value is -1.98. The molecular formula is C22H27NSi2. The van der Waals surface area contributed by atoms with Crippen LogP contribution in [0.1, 0.15) is 6.93 Å². The summed E-state index contributed by atoms with van der Waals surface area (Å²) in [5.74, 6) is 0. The first-order valence-corrected chi connectivity index (χ1v) is 15.3. The Morgan fingerprint density at radius 3 is 2.24 bits per heavy atom. The van der Waals surface area contributed by atoms with Crippen LogP contribution in [0.25, 0.3) is 16.1 Å². The molecular weight excluding hydrogens is 334 g/mol. The summed E-state index contributed by atoms with van der Waals surface area (Å²) >= 11 is 0. The van der Waals surface area contributed by atoms with Gasteiger partial charge in [0.25, 0.3) is 0 Å². The lowest BCUT2D eigenvalue weighted by molar-refractivity contribution is 1.42. The summed E-state index contributed by atoms with van der Waals surface area (Å²) in [4.78, 5) is 4.71. The molecule has 3 rings (SSSR count). The number of hydrogen-bond acceptors (Lipinski definition) is 1. The summed E-state index contributed by atoms with van der Waals surface area (Å²) in [6.07, 6.45) is 1.88. The molecule has 0 bridgehead atoms. The zero-order valence-corrected chi connectivity index (χ0v) is 17.8. The lowest BCUT2D eigenvalue weighted by Gasteiger charge is -2.30. The number of fused-ring (bicyclic) bond motifs is 1. The molecule has 0 saturated carbocycles. The predicted molar refractivity (Wildman–Crippen MR) is 117 cm³/mol. The lowest BCUT2D eigenvalue weighted by atomic mass is 10.2. The van der Waals surface area contributed by atoms with Crippen LogP contribution in [0, 0.1) is 0 Å². The lowest BCUT2D eigenvalue weighted by Crippen LogP contribution is -2.44. The van der Waals surface area contributed by atoms with Crippen molar-refractivity contribution in [3.8, 4) is 0 Å². The van der Waals surface area contributed by atoms with Gasteiger partial charge in [0.15, 0.2) is 0 Å². The smallest absolute Gasteiger partial charge is 0.114 e. The van der Waals surface area contributed by atoms with Crippen LogP contribution < -0.4 is 5.19 Å². The second kappa shape index (κ2) is 6.73. The molecule has 0 aliphatic heterocycles. The van der Waals surface area contributed by atoms with Gasteiger partial charge in [-0.15, -0.1) is 0 Å². The molecule has 0 amide bonds. The molecule has 1 aromatic heterocycles. The number of pyridine rings is 1. The van der Waals surface area contributed by atoms with Gasteiger partial charge in [0, 0.05) is 11.6 Å². The van der Waals surface area contributed by atoms with Crippen LogP contribution in [0.15, 0.2) is 72.5 Å². The van der Waals surface area contributed by atoms with Crippen molar-refractivity contribution < 1.29 is 1.37 Å². The van der Waals surface area contributed by atoms with E-state index in [0.29, 0.717) is 0 Å². The molecule has 0 radical (unpaired) electrons. The first-order chi connectivity index (χ1) is 12.2. The largest absolute Gasteiger partial charge is 0.256 e. The first kappa shape index (κ1) is 16.5. The standard InChI is InChI=1S/C22H27NSi2/c1-24(2,3)17-21(18-11-7-6-8-12-18)25(4,5)20-15-9-13-19-14-10-16-23-22(19)20/h6-17H,1-5H3/b21-17-/i17D. The van der Waals surface area contributed by atoms with E-state index < -0.39 is 16.1 Å². The number of para-hydroxylation sites is 1. The van der Waals surface area contributed by atoms with Crippen molar-refractivity contribution in [2.45, 2.75) is 32.7 Å². The van der Waals surface area contributed by atoms with E-state index >= 15 is 0 Å². The minimum atomic E-state index is -2.12. The summed E-state index contributed by atoms with van der Waals surface area (Å²) in [6.45, 7) is 11.5. The van der Waals surface area contributed by atoms with Gasteiger partial charge in [0.05, 0.1) is 15.0 Å². The van der Waals surface area contributed by atoms with Crippen molar-refractivity contribution in [2.24, 2.45) is 0 Å². The van der Waals surface area contributed by atoms with Gasteiger partial charge in [-0.1, -0.05) is 98.2 Å². The number of rotatable bonds is 4. The maximum atomic E-state index is 9.09. The molecule has 0 spiro atoms. The van der Waals surface area contributed by atoms with Gasteiger partial charge in [0.2, 0.25) is 0 Å². The third-order valence-corrected chi connectivity index (χ3v) is 9.16.